The van der Waals surface area contributed by atoms with Gasteiger partial charge in [-0.3, -0.25) is 9.59 Å². The topological polar surface area (TPSA) is 66.8 Å². The van der Waals surface area contributed by atoms with Crippen LogP contribution in [0.25, 0.3) is 5.76 Å². The minimum atomic E-state index is -0.678. The molecule has 2 aromatic carbocycles. The Morgan fingerprint density at radius 1 is 1.10 bits per heavy atom. The number of ketones is 1. The van der Waals surface area contributed by atoms with Crippen LogP contribution in [0.4, 0.5) is 0 Å². The maximum absolute atomic E-state index is 13.2. The van der Waals surface area contributed by atoms with Crippen molar-refractivity contribution in [2.75, 3.05) is 7.11 Å². The van der Waals surface area contributed by atoms with E-state index in [1.54, 1.807) is 18.1 Å². The zero-order valence-corrected chi connectivity index (χ0v) is 19.3. The number of halogens is 1. The molecular formula is C25H26BrNO4. The molecule has 1 unspecified atom stereocenters. The molecule has 0 spiro atoms. The molecule has 0 aromatic heterocycles. The second-order valence-electron chi connectivity index (χ2n) is 8.20. The van der Waals surface area contributed by atoms with E-state index in [2.05, 4.69) is 15.9 Å². The fraction of sp³-hybridized carbons (Fsp3) is 0.360. The van der Waals surface area contributed by atoms with Gasteiger partial charge in [0.05, 0.1) is 18.7 Å². The van der Waals surface area contributed by atoms with E-state index in [4.69, 9.17) is 4.74 Å². The molecule has 1 saturated heterocycles. The van der Waals surface area contributed by atoms with Crippen molar-refractivity contribution in [3.05, 3.63) is 69.2 Å². The molecule has 0 radical (unpaired) electrons. The van der Waals surface area contributed by atoms with E-state index < -0.39 is 17.7 Å². The van der Waals surface area contributed by atoms with Gasteiger partial charge in [-0.2, -0.15) is 0 Å². The molecule has 162 valence electrons. The molecule has 1 aliphatic heterocycles. The summed E-state index contributed by atoms with van der Waals surface area (Å²) in [6, 6.07) is 12.1. The fourth-order valence-electron chi connectivity index (χ4n) is 4.73. The third-order valence-corrected chi connectivity index (χ3v) is 7.20. The van der Waals surface area contributed by atoms with E-state index in [0.29, 0.717) is 16.9 Å². The minimum absolute atomic E-state index is 0.0305. The van der Waals surface area contributed by atoms with Crippen LogP contribution in [0.5, 0.6) is 5.75 Å². The van der Waals surface area contributed by atoms with Crippen molar-refractivity contribution < 1.29 is 19.4 Å². The number of aliphatic hydroxyl groups excluding tert-OH is 1. The van der Waals surface area contributed by atoms with Crippen LogP contribution in [0, 0.1) is 6.92 Å². The van der Waals surface area contributed by atoms with Crippen molar-refractivity contribution in [2.45, 2.75) is 51.1 Å². The van der Waals surface area contributed by atoms with Gasteiger partial charge < -0.3 is 14.7 Å². The standard InChI is InChI=1S/C25H26BrNO4/c1-15-14-16(12-13-19(15)26)23(28)21-22(18-10-6-7-11-20(18)31-2)27(25(30)24(21)29)17-8-4-3-5-9-17/h6-7,10-14,17,22,28H,3-5,8-9H2,1-2H3/b23-21+. The third kappa shape index (κ3) is 3.89. The number of benzene rings is 2. The zero-order chi connectivity index (χ0) is 22.1. The summed E-state index contributed by atoms with van der Waals surface area (Å²) >= 11 is 3.47. The van der Waals surface area contributed by atoms with Crippen LogP contribution in [0.1, 0.15) is 54.8 Å². The van der Waals surface area contributed by atoms with E-state index in [1.807, 2.05) is 43.3 Å². The number of nitrogens with zero attached hydrogens (tertiary/aromatic N) is 1. The first-order valence-corrected chi connectivity index (χ1v) is 11.4. The van der Waals surface area contributed by atoms with E-state index in [1.165, 1.54) is 0 Å². The van der Waals surface area contributed by atoms with E-state index in [9.17, 15) is 14.7 Å². The van der Waals surface area contributed by atoms with Gasteiger partial charge in [-0.05, 0) is 43.5 Å². The van der Waals surface area contributed by atoms with Crippen molar-refractivity contribution in [2.24, 2.45) is 0 Å². The highest BCUT2D eigenvalue weighted by atomic mass is 79.9. The number of aliphatic hydroxyl groups is 1. The monoisotopic (exact) mass is 483 g/mol. The van der Waals surface area contributed by atoms with Crippen LogP contribution in [0.15, 0.2) is 52.5 Å². The number of hydrogen-bond donors (Lipinski definition) is 1. The van der Waals surface area contributed by atoms with Crippen molar-refractivity contribution in [1.29, 1.82) is 0 Å². The van der Waals surface area contributed by atoms with E-state index in [-0.39, 0.29) is 17.4 Å². The summed E-state index contributed by atoms with van der Waals surface area (Å²) in [5, 5.41) is 11.3. The van der Waals surface area contributed by atoms with Crippen LogP contribution in [-0.2, 0) is 9.59 Å². The predicted molar refractivity (Wildman–Crippen MR) is 123 cm³/mol. The number of para-hydroxylation sites is 1. The van der Waals surface area contributed by atoms with Crippen LogP contribution in [0.2, 0.25) is 0 Å². The smallest absolute Gasteiger partial charge is 0.295 e. The van der Waals surface area contributed by atoms with Crippen LogP contribution in [0.3, 0.4) is 0 Å². The van der Waals surface area contributed by atoms with Crippen molar-refractivity contribution in [3.8, 4) is 5.75 Å². The number of methoxy groups -OCH3 is 1. The Kier molecular flexibility index (Phi) is 6.19. The molecule has 6 heteroatoms. The molecule has 2 fully saturated rings. The molecule has 1 aliphatic carbocycles. The molecule has 1 amide bonds. The predicted octanol–water partition coefficient (Wildman–Crippen LogP) is 5.52. The van der Waals surface area contributed by atoms with Crippen molar-refractivity contribution in [3.63, 3.8) is 0 Å². The van der Waals surface area contributed by atoms with Crippen LogP contribution in [-0.4, -0.2) is 34.8 Å². The molecule has 1 N–H and O–H groups in total. The average Bonchev–Trinajstić information content (AvgIpc) is 3.06. The summed E-state index contributed by atoms with van der Waals surface area (Å²) in [5.74, 6) is -0.742. The highest BCUT2D eigenvalue weighted by Crippen LogP contribution is 2.45. The van der Waals surface area contributed by atoms with Gasteiger partial charge >= 0.3 is 0 Å². The molecule has 1 heterocycles. The van der Waals surface area contributed by atoms with Crippen LogP contribution >= 0.6 is 15.9 Å². The summed E-state index contributed by atoms with van der Waals surface area (Å²) in [5.41, 5.74) is 2.29. The van der Waals surface area contributed by atoms with Gasteiger partial charge in [0.1, 0.15) is 11.5 Å². The quantitative estimate of drug-likeness (QED) is 0.353. The zero-order valence-electron chi connectivity index (χ0n) is 17.7. The molecular weight excluding hydrogens is 458 g/mol. The molecule has 1 saturated carbocycles. The third-order valence-electron chi connectivity index (χ3n) is 6.31. The van der Waals surface area contributed by atoms with Crippen LogP contribution < -0.4 is 4.74 Å². The minimum Gasteiger partial charge on any atom is -0.507 e. The number of aryl methyl sites for hydroxylation is 1. The Morgan fingerprint density at radius 2 is 1.81 bits per heavy atom. The second kappa shape index (κ2) is 8.87. The maximum atomic E-state index is 13.2. The normalized spacial score (nSPS) is 21.5. The number of ether oxygens (including phenoxy) is 1. The lowest BCUT2D eigenvalue weighted by atomic mass is 9.90. The number of hydrogen-bond acceptors (Lipinski definition) is 4. The Balaban J connectivity index is 1.92. The number of carbonyl (C=O) groups is 2. The summed E-state index contributed by atoms with van der Waals surface area (Å²) < 4.78 is 6.48. The van der Waals surface area contributed by atoms with Gasteiger partial charge in [0.25, 0.3) is 11.7 Å². The molecule has 1 atom stereocenters. The highest BCUT2D eigenvalue weighted by Gasteiger charge is 2.49. The Bertz CT molecular complexity index is 1060. The fourth-order valence-corrected chi connectivity index (χ4v) is 4.98. The summed E-state index contributed by atoms with van der Waals surface area (Å²) in [6.45, 7) is 1.92. The Morgan fingerprint density at radius 3 is 2.48 bits per heavy atom. The van der Waals surface area contributed by atoms with Crippen molar-refractivity contribution in [1.82, 2.24) is 4.90 Å². The first-order chi connectivity index (χ1) is 14.9. The lowest BCUT2D eigenvalue weighted by Gasteiger charge is -2.35. The van der Waals surface area contributed by atoms with Gasteiger partial charge in [-0.15, -0.1) is 0 Å². The molecule has 2 aromatic rings. The number of Topliss-reactive ketones (excluding diaryl/α,β-unsaturated/α-hetero) is 1. The number of carbonyl (C=O) groups excluding carboxylic acids is 2. The highest BCUT2D eigenvalue weighted by molar-refractivity contribution is 9.10. The Hall–Kier alpha value is -2.60. The van der Waals surface area contributed by atoms with Gasteiger partial charge in [-0.25, -0.2) is 0 Å². The van der Waals surface area contributed by atoms with Gasteiger partial charge in [0, 0.05) is 21.6 Å². The molecule has 2 aliphatic rings. The average molecular weight is 484 g/mol. The first-order valence-electron chi connectivity index (χ1n) is 10.6. The molecule has 5 nitrogen and oxygen atoms in total. The number of likely N-dealkylation sites (tertiary alicyclic amines) is 1. The lowest BCUT2D eigenvalue weighted by molar-refractivity contribution is -0.141. The summed E-state index contributed by atoms with van der Waals surface area (Å²) in [6.07, 6.45) is 4.90. The second-order valence-corrected chi connectivity index (χ2v) is 9.06. The van der Waals surface area contributed by atoms with Crippen molar-refractivity contribution >= 4 is 33.4 Å². The summed E-state index contributed by atoms with van der Waals surface area (Å²) in [4.78, 5) is 28.2. The SMILES string of the molecule is COc1ccccc1C1/C(=C(\O)c2ccc(Br)c(C)c2)C(=O)C(=O)N1C1CCCCC1. The van der Waals surface area contributed by atoms with Gasteiger partial charge in [0.15, 0.2) is 0 Å². The first kappa shape index (κ1) is 21.6. The van der Waals surface area contributed by atoms with Gasteiger partial charge in [0.2, 0.25) is 0 Å². The number of rotatable bonds is 4. The molecule has 31 heavy (non-hydrogen) atoms. The lowest BCUT2D eigenvalue weighted by Crippen LogP contribution is -2.40. The largest absolute Gasteiger partial charge is 0.507 e. The molecule has 4 rings (SSSR count). The Labute approximate surface area is 190 Å². The van der Waals surface area contributed by atoms with E-state index >= 15 is 0 Å². The maximum Gasteiger partial charge on any atom is 0.295 e. The van der Waals surface area contributed by atoms with E-state index in [0.717, 1.165) is 42.1 Å². The molecule has 0 bridgehead atoms. The number of amides is 1. The van der Waals surface area contributed by atoms with Gasteiger partial charge in [-0.1, -0.05) is 59.5 Å². The summed E-state index contributed by atoms with van der Waals surface area (Å²) in [7, 11) is 1.57.